The Kier molecular flexibility index (Phi) is 8.05. The normalized spacial score (nSPS) is 11.5. The Balaban J connectivity index is 2.65. The number of rotatable bonds is 9. The number of nitrogens with one attached hydrogen (secondary N) is 2. The van der Waals surface area contributed by atoms with Crippen LogP contribution in [0.2, 0.25) is 0 Å². The summed E-state index contributed by atoms with van der Waals surface area (Å²) in [6.07, 6.45) is 3.13. The van der Waals surface area contributed by atoms with Crippen molar-refractivity contribution in [1.82, 2.24) is 9.62 Å². The van der Waals surface area contributed by atoms with E-state index in [1.54, 1.807) is 26.0 Å². The highest BCUT2D eigenvalue weighted by atomic mass is 32.2. The fraction of sp³-hybridized carbons (Fsp3) is 0.562. The Morgan fingerprint density at radius 2 is 1.65 bits per heavy atom. The number of hydrogen-bond donors (Lipinski definition) is 2. The number of amides is 2. The third kappa shape index (κ3) is 5.84. The van der Waals surface area contributed by atoms with Crippen LogP contribution in [0.5, 0.6) is 0 Å². The molecule has 6 nitrogen and oxygen atoms in total. The van der Waals surface area contributed by atoms with Crippen LogP contribution in [0.3, 0.4) is 0 Å². The van der Waals surface area contributed by atoms with E-state index in [0.717, 1.165) is 19.3 Å². The molecule has 0 atom stereocenters. The fourth-order valence-electron chi connectivity index (χ4n) is 2.18. The van der Waals surface area contributed by atoms with Gasteiger partial charge in [-0.3, -0.25) is 0 Å². The molecular weight excluding hydrogens is 314 g/mol. The minimum Gasteiger partial charge on any atom is -0.338 e. The maximum atomic E-state index is 12.4. The molecule has 0 heterocycles. The van der Waals surface area contributed by atoms with Crippen molar-refractivity contribution in [2.24, 2.45) is 0 Å². The first-order chi connectivity index (χ1) is 11.0. The highest BCUT2D eigenvalue weighted by Gasteiger charge is 2.21. The van der Waals surface area contributed by atoms with Crippen molar-refractivity contribution in [3.05, 3.63) is 24.3 Å². The predicted molar refractivity (Wildman–Crippen MR) is 93.1 cm³/mol. The number of anilines is 1. The predicted octanol–water partition coefficient (Wildman–Crippen LogP) is 3.03. The molecule has 0 aliphatic carbocycles. The summed E-state index contributed by atoms with van der Waals surface area (Å²) in [6.45, 7) is 7.21. The van der Waals surface area contributed by atoms with Gasteiger partial charge in [-0.05, 0) is 30.7 Å². The third-order valence-corrected chi connectivity index (χ3v) is 5.59. The molecular formula is C16H27N3O3S. The van der Waals surface area contributed by atoms with Gasteiger partial charge in [-0.1, -0.05) is 33.6 Å². The first-order valence-electron chi connectivity index (χ1n) is 8.10. The van der Waals surface area contributed by atoms with Crippen molar-refractivity contribution < 1.29 is 13.2 Å². The standard InChI is InChI=1S/C16H27N3O3S/c1-4-7-8-13-17-16(20)18-14-9-11-15(12-10-14)23(21,22)19(5-2)6-3/h9-12H,4-8,13H2,1-3H3,(H2,17,18,20). The number of hydrogen-bond acceptors (Lipinski definition) is 3. The maximum absolute atomic E-state index is 12.4. The van der Waals surface area contributed by atoms with Crippen molar-refractivity contribution in [3.63, 3.8) is 0 Å². The van der Waals surface area contributed by atoms with Gasteiger partial charge in [0.2, 0.25) is 10.0 Å². The van der Waals surface area contributed by atoms with Gasteiger partial charge in [-0.25, -0.2) is 13.2 Å². The molecule has 1 aromatic carbocycles. The quantitative estimate of drug-likeness (QED) is 0.678. The largest absolute Gasteiger partial charge is 0.338 e. The lowest BCUT2D eigenvalue weighted by atomic mass is 10.2. The molecule has 2 N–H and O–H groups in total. The van der Waals surface area contributed by atoms with Crippen molar-refractivity contribution in [1.29, 1.82) is 0 Å². The second kappa shape index (κ2) is 9.52. The molecule has 23 heavy (non-hydrogen) atoms. The average Bonchev–Trinajstić information content (AvgIpc) is 2.53. The third-order valence-electron chi connectivity index (χ3n) is 3.52. The van der Waals surface area contributed by atoms with Crippen molar-refractivity contribution >= 4 is 21.7 Å². The minimum atomic E-state index is -3.46. The van der Waals surface area contributed by atoms with E-state index in [9.17, 15) is 13.2 Å². The van der Waals surface area contributed by atoms with Crippen molar-refractivity contribution in [3.8, 4) is 0 Å². The molecule has 0 fully saturated rings. The van der Waals surface area contributed by atoms with E-state index < -0.39 is 10.0 Å². The molecule has 0 saturated carbocycles. The lowest BCUT2D eigenvalue weighted by Crippen LogP contribution is -2.31. The highest BCUT2D eigenvalue weighted by Crippen LogP contribution is 2.18. The summed E-state index contributed by atoms with van der Waals surface area (Å²) in [6, 6.07) is 5.95. The summed E-state index contributed by atoms with van der Waals surface area (Å²) in [4.78, 5) is 11.9. The van der Waals surface area contributed by atoms with Gasteiger partial charge in [0, 0.05) is 25.3 Å². The van der Waals surface area contributed by atoms with Crippen LogP contribution >= 0.6 is 0 Å². The molecule has 0 saturated heterocycles. The van der Waals surface area contributed by atoms with Crippen LogP contribution in [-0.2, 0) is 10.0 Å². The number of unbranched alkanes of at least 4 members (excludes halogenated alkanes) is 2. The number of urea groups is 1. The monoisotopic (exact) mass is 341 g/mol. The van der Waals surface area contributed by atoms with Gasteiger partial charge < -0.3 is 10.6 Å². The van der Waals surface area contributed by atoms with Gasteiger partial charge in [0.1, 0.15) is 0 Å². The van der Waals surface area contributed by atoms with Crippen LogP contribution in [0.15, 0.2) is 29.2 Å². The van der Waals surface area contributed by atoms with Crippen LogP contribution in [0.1, 0.15) is 40.0 Å². The molecule has 1 rings (SSSR count). The lowest BCUT2D eigenvalue weighted by Gasteiger charge is -2.18. The van der Waals surface area contributed by atoms with E-state index >= 15 is 0 Å². The number of nitrogens with zero attached hydrogens (tertiary/aromatic N) is 1. The molecule has 7 heteroatoms. The molecule has 130 valence electrons. The lowest BCUT2D eigenvalue weighted by molar-refractivity contribution is 0.252. The Morgan fingerprint density at radius 3 is 2.17 bits per heavy atom. The average molecular weight is 341 g/mol. The number of sulfonamides is 1. The topological polar surface area (TPSA) is 78.5 Å². The zero-order valence-corrected chi connectivity index (χ0v) is 14.9. The second-order valence-corrected chi connectivity index (χ2v) is 7.14. The summed E-state index contributed by atoms with van der Waals surface area (Å²) < 4.78 is 26.1. The molecule has 0 aliphatic heterocycles. The van der Waals surface area contributed by atoms with Gasteiger partial charge in [-0.15, -0.1) is 0 Å². The van der Waals surface area contributed by atoms with E-state index in [-0.39, 0.29) is 10.9 Å². The SMILES string of the molecule is CCCCCNC(=O)Nc1ccc(S(=O)(=O)N(CC)CC)cc1. The van der Waals surface area contributed by atoms with Gasteiger partial charge in [0.25, 0.3) is 0 Å². The summed E-state index contributed by atoms with van der Waals surface area (Å²) in [5.41, 5.74) is 0.566. The highest BCUT2D eigenvalue weighted by molar-refractivity contribution is 7.89. The summed E-state index contributed by atoms with van der Waals surface area (Å²) >= 11 is 0. The second-order valence-electron chi connectivity index (χ2n) is 5.20. The smallest absolute Gasteiger partial charge is 0.319 e. The van der Waals surface area contributed by atoms with Crippen molar-refractivity contribution in [2.45, 2.75) is 44.9 Å². The van der Waals surface area contributed by atoms with Gasteiger partial charge >= 0.3 is 6.03 Å². The van der Waals surface area contributed by atoms with E-state index in [2.05, 4.69) is 17.6 Å². The first kappa shape index (κ1) is 19.4. The fourth-order valence-corrected chi connectivity index (χ4v) is 3.63. The molecule has 0 radical (unpaired) electrons. The van der Waals surface area contributed by atoms with Crippen LogP contribution < -0.4 is 10.6 Å². The molecule has 0 bridgehead atoms. The van der Waals surface area contributed by atoms with E-state index in [1.165, 1.54) is 16.4 Å². The van der Waals surface area contributed by atoms with E-state index in [0.29, 0.717) is 25.3 Å². The molecule has 2 amide bonds. The van der Waals surface area contributed by atoms with Crippen LogP contribution in [-0.4, -0.2) is 38.4 Å². The molecule has 0 spiro atoms. The molecule has 1 aromatic rings. The zero-order valence-electron chi connectivity index (χ0n) is 14.1. The van der Waals surface area contributed by atoms with Crippen LogP contribution in [0.4, 0.5) is 10.5 Å². The Bertz CT molecular complexity index is 581. The van der Waals surface area contributed by atoms with Gasteiger partial charge in [0.05, 0.1) is 4.90 Å². The van der Waals surface area contributed by atoms with Crippen LogP contribution in [0.25, 0.3) is 0 Å². The molecule has 0 aliphatic rings. The van der Waals surface area contributed by atoms with Crippen molar-refractivity contribution in [2.75, 3.05) is 25.0 Å². The van der Waals surface area contributed by atoms with Gasteiger partial charge in [-0.2, -0.15) is 4.31 Å². The minimum absolute atomic E-state index is 0.232. The summed E-state index contributed by atoms with van der Waals surface area (Å²) in [7, 11) is -3.46. The van der Waals surface area contributed by atoms with E-state index in [4.69, 9.17) is 0 Å². The Morgan fingerprint density at radius 1 is 1.04 bits per heavy atom. The number of carbonyl (C=O) groups is 1. The Hall–Kier alpha value is -1.60. The zero-order chi connectivity index (χ0) is 17.3. The van der Waals surface area contributed by atoms with Crippen LogP contribution in [0, 0.1) is 0 Å². The number of benzene rings is 1. The summed E-state index contributed by atoms with van der Waals surface area (Å²) in [5.74, 6) is 0. The van der Waals surface area contributed by atoms with Gasteiger partial charge in [0.15, 0.2) is 0 Å². The number of carbonyl (C=O) groups excluding carboxylic acids is 1. The summed E-state index contributed by atoms with van der Waals surface area (Å²) in [5, 5.41) is 5.47. The first-order valence-corrected chi connectivity index (χ1v) is 9.54. The maximum Gasteiger partial charge on any atom is 0.319 e. The van der Waals surface area contributed by atoms with E-state index in [1.807, 2.05) is 0 Å². The molecule has 0 aromatic heterocycles. The Labute approximate surface area is 139 Å². The molecule has 0 unspecified atom stereocenters.